The minimum absolute atomic E-state index is 0.193. The van der Waals surface area contributed by atoms with Crippen LogP contribution in [0.4, 0.5) is 5.69 Å². The Bertz CT molecular complexity index is 1170. The predicted octanol–water partition coefficient (Wildman–Crippen LogP) is 3.89. The van der Waals surface area contributed by atoms with Crippen LogP contribution in [0.1, 0.15) is 16.1 Å². The number of nitrogens with one attached hydrogen (secondary N) is 1. The summed E-state index contributed by atoms with van der Waals surface area (Å²) in [6.07, 6.45) is 3.86. The van der Waals surface area contributed by atoms with Crippen LogP contribution in [-0.2, 0) is 6.61 Å². The van der Waals surface area contributed by atoms with E-state index in [1.165, 1.54) is 0 Å². The third-order valence-electron chi connectivity index (χ3n) is 4.53. The van der Waals surface area contributed by atoms with Gasteiger partial charge in [-0.25, -0.2) is 4.98 Å². The van der Waals surface area contributed by atoms with Gasteiger partial charge in [0.25, 0.3) is 5.91 Å². The Hall–Kier alpha value is -4.00. The molecule has 1 amide bonds. The number of fused-ring (bicyclic) bond motifs is 2. The van der Waals surface area contributed by atoms with Crippen molar-refractivity contribution in [2.45, 2.75) is 6.61 Å². The lowest BCUT2D eigenvalue weighted by molar-refractivity contribution is 0.102. The van der Waals surface area contributed by atoms with Gasteiger partial charge < -0.3 is 23.9 Å². The van der Waals surface area contributed by atoms with Gasteiger partial charge >= 0.3 is 0 Å². The monoisotopic (exact) mass is 387 g/mol. The van der Waals surface area contributed by atoms with Crippen molar-refractivity contribution in [1.82, 2.24) is 9.38 Å². The van der Waals surface area contributed by atoms with Gasteiger partial charge in [-0.15, -0.1) is 0 Å². The highest BCUT2D eigenvalue weighted by atomic mass is 16.7. The van der Waals surface area contributed by atoms with Crippen LogP contribution in [0.2, 0.25) is 0 Å². The minimum atomic E-state index is -0.234. The molecule has 0 saturated heterocycles. The number of nitrogens with zero attached hydrogens (tertiary/aromatic N) is 2. The minimum Gasteiger partial charge on any atom is -0.487 e. The van der Waals surface area contributed by atoms with Gasteiger partial charge in [0.2, 0.25) is 6.79 Å². The van der Waals surface area contributed by atoms with E-state index in [1.54, 1.807) is 36.4 Å². The number of hydrogen-bond donors (Lipinski definition) is 1. The van der Waals surface area contributed by atoms with Crippen LogP contribution in [0.25, 0.3) is 5.65 Å². The summed E-state index contributed by atoms with van der Waals surface area (Å²) in [5.41, 5.74) is 2.81. The van der Waals surface area contributed by atoms with E-state index in [-0.39, 0.29) is 12.7 Å². The smallest absolute Gasteiger partial charge is 0.255 e. The highest BCUT2D eigenvalue weighted by Crippen LogP contribution is 2.34. The van der Waals surface area contributed by atoms with E-state index < -0.39 is 0 Å². The van der Waals surface area contributed by atoms with Crippen LogP contribution >= 0.6 is 0 Å². The molecule has 144 valence electrons. The molecule has 5 rings (SSSR count). The lowest BCUT2D eigenvalue weighted by Gasteiger charge is -2.08. The Morgan fingerprint density at radius 1 is 1.07 bits per heavy atom. The number of amides is 1. The SMILES string of the molecule is O=C(Nc1ccc2c(c1)OCO2)c1cccc(OCc2cn3ccccc3n2)c1. The first kappa shape index (κ1) is 17.1. The molecule has 4 aromatic rings. The molecule has 1 aliphatic rings. The lowest BCUT2D eigenvalue weighted by Crippen LogP contribution is -2.12. The summed E-state index contributed by atoms with van der Waals surface area (Å²) in [4.78, 5) is 17.1. The van der Waals surface area contributed by atoms with E-state index in [0.717, 1.165) is 11.3 Å². The lowest BCUT2D eigenvalue weighted by atomic mass is 10.2. The number of carbonyl (C=O) groups excluding carboxylic acids is 1. The summed E-state index contributed by atoms with van der Waals surface area (Å²) in [5.74, 6) is 1.65. The van der Waals surface area contributed by atoms with Gasteiger partial charge in [0.1, 0.15) is 18.0 Å². The molecule has 2 aromatic carbocycles. The standard InChI is InChI=1S/C22H17N3O4/c26-22(24-16-7-8-19-20(11-16)29-14-28-19)15-4-3-5-18(10-15)27-13-17-12-25-9-2-1-6-21(25)23-17/h1-12H,13-14H2,(H,24,26). The summed E-state index contributed by atoms with van der Waals surface area (Å²) >= 11 is 0. The molecule has 29 heavy (non-hydrogen) atoms. The molecule has 0 bridgehead atoms. The molecule has 0 atom stereocenters. The zero-order valence-electron chi connectivity index (χ0n) is 15.4. The van der Waals surface area contributed by atoms with Crippen molar-refractivity contribution in [3.05, 3.63) is 84.3 Å². The van der Waals surface area contributed by atoms with Crippen LogP contribution in [-0.4, -0.2) is 22.1 Å². The van der Waals surface area contributed by atoms with Gasteiger partial charge in [0.15, 0.2) is 11.5 Å². The number of ether oxygens (including phenoxy) is 3. The van der Waals surface area contributed by atoms with E-state index >= 15 is 0 Å². The summed E-state index contributed by atoms with van der Waals surface area (Å²) < 4.78 is 18.4. The fourth-order valence-electron chi connectivity index (χ4n) is 3.12. The summed E-state index contributed by atoms with van der Waals surface area (Å²) in [6.45, 7) is 0.507. The topological polar surface area (TPSA) is 74.1 Å². The first-order valence-corrected chi connectivity index (χ1v) is 9.11. The van der Waals surface area contributed by atoms with Crippen molar-refractivity contribution in [2.75, 3.05) is 12.1 Å². The molecule has 0 saturated carbocycles. The molecule has 0 aliphatic carbocycles. The van der Waals surface area contributed by atoms with Crippen LogP contribution in [0.15, 0.2) is 73.1 Å². The molecule has 1 N–H and O–H groups in total. The highest BCUT2D eigenvalue weighted by molar-refractivity contribution is 6.04. The number of carbonyl (C=O) groups is 1. The Kier molecular flexibility index (Phi) is 4.25. The van der Waals surface area contributed by atoms with Gasteiger partial charge in [0, 0.05) is 29.7 Å². The maximum Gasteiger partial charge on any atom is 0.255 e. The van der Waals surface area contributed by atoms with Crippen molar-refractivity contribution in [3.8, 4) is 17.2 Å². The maximum absolute atomic E-state index is 12.6. The molecule has 7 heteroatoms. The van der Waals surface area contributed by atoms with E-state index in [0.29, 0.717) is 35.1 Å². The fraction of sp³-hybridized carbons (Fsp3) is 0.0909. The first-order valence-electron chi connectivity index (χ1n) is 9.11. The number of imidazole rings is 1. The van der Waals surface area contributed by atoms with Gasteiger partial charge in [-0.1, -0.05) is 12.1 Å². The number of pyridine rings is 1. The summed E-state index contributed by atoms with van der Waals surface area (Å²) in [5, 5.41) is 2.86. The molecule has 1 aliphatic heterocycles. The predicted molar refractivity (Wildman–Crippen MR) is 106 cm³/mol. The van der Waals surface area contributed by atoms with E-state index in [1.807, 2.05) is 41.1 Å². The molecular formula is C22H17N3O4. The third-order valence-corrected chi connectivity index (χ3v) is 4.53. The van der Waals surface area contributed by atoms with Gasteiger partial charge in [-0.2, -0.15) is 0 Å². The number of benzene rings is 2. The Balaban J connectivity index is 1.27. The number of rotatable bonds is 5. The quantitative estimate of drug-likeness (QED) is 0.562. The van der Waals surface area contributed by atoms with Crippen molar-refractivity contribution in [3.63, 3.8) is 0 Å². The van der Waals surface area contributed by atoms with Crippen molar-refractivity contribution in [1.29, 1.82) is 0 Å². The normalized spacial score (nSPS) is 12.1. The van der Waals surface area contributed by atoms with Crippen molar-refractivity contribution < 1.29 is 19.0 Å². The van der Waals surface area contributed by atoms with Crippen LogP contribution < -0.4 is 19.5 Å². The van der Waals surface area contributed by atoms with Crippen molar-refractivity contribution in [2.24, 2.45) is 0 Å². The number of hydrogen-bond acceptors (Lipinski definition) is 5. The molecule has 0 spiro atoms. The molecule has 0 fully saturated rings. The third kappa shape index (κ3) is 3.58. The molecule has 7 nitrogen and oxygen atoms in total. The maximum atomic E-state index is 12.6. The van der Waals surface area contributed by atoms with E-state index in [9.17, 15) is 4.79 Å². The second-order valence-corrected chi connectivity index (χ2v) is 6.54. The Morgan fingerprint density at radius 2 is 2.00 bits per heavy atom. The number of anilines is 1. The zero-order valence-corrected chi connectivity index (χ0v) is 15.4. The Morgan fingerprint density at radius 3 is 2.93 bits per heavy atom. The molecule has 3 heterocycles. The Labute approximate surface area is 166 Å². The van der Waals surface area contributed by atoms with E-state index in [2.05, 4.69) is 10.3 Å². The van der Waals surface area contributed by atoms with Crippen molar-refractivity contribution >= 4 is 17.2 Å². The van der Waals surface area contributed by atoms with Crippen LogP contribution in [0.5, 0.6) is 17.2 Å². The summed E-state index contributed by atoms with van der Waals surface area (Å²) in [7, 11) is 0. The highest BCUT2D eigenvalue weighted by Gasteiger charge is 2.15. The van der Waals surface area contributed by atoms with Crippen LogP contribution in [0, 0.1) is 0 Å². The molecular weight excluding hydrogens is 370 g/mol. The number of aromatic nitrogens is 2. The van der Waals surface area contributed by atoms with Crippen LogP contribution in [0.3, 0.4) is 0 Å². The summed E-state index contributed by atoms with van der Waals surface area (Å²) in [6, 6.07) is 18.1. The van der Waals surface area contributed by atoms with Gasteiger partial charge in [-0.05, 0) is 42.5 Å². The van der Waals surface area contributed by atoms with Gasteiger partial charge in [0.05, 0.1) is 5.69 Å². The molecule has 0 unspecified atom stereocenters. The molecule has 2 aromatic heterocycles. The molecule has 0 radical (unpaired) electrons. The first-order chi connectivity index (χ1) is 14.2. The average molecular weight is 387 g/mol. The second-order valence-electron chi connectivity index (χ2n) is 6.54. The fourth-order valence-corrected chi connectivity index (χ4v) is 3.12. The van der Waals surface area contributed by atoms with Gasteiger partial charge in [-0.3, -0.25) is 4.79 Å². The average Bonchev–Trinajstić information content (AvgIpc) is 3.38. The largest absolute Gasteiger partial charge is 0.487 e. The second kappa shape index (κ2) is 7.20. The van der Waals surface area contributed by atoms with E-state index in [4.69, 9.17) is 14.2 Å². The zero-order chi connectivity index (χ0) is 19.6.